The molecule has 6 nitrogen and oxygen atoms in total. The lowest BCUT2D eigenvalue weighted by atomic mass is 10.2. The Morgan fingerprint density at radius 1 is 1.36 bits per heavy atom. The summed E-state index contributed by atoms with van der Waals surface area (Å²) in [5.41, 5.74) is 3.29. The Labute approximate surface area is 131 Å². The van der Waals surface area contributed by atoms with Gasteiger partial charge >= 0.3 is 0 Å². The largest absolute Gasteiger partial charge is 0.354 e. The van der Waals surface area contributed by atoms with Gasteiger partial charge in [0.25, 0.3) is 0 Å². The van der Waals surface area contributed by atoms with Crippen molar-refractivity contribution in [3.05, 3.63) is 35.4 Å². The Morgan fingerprint density at radius 2 is 2.14 bits per heavy atom. The van der Waals surface area contributed by atoms with Gasteiger partial charge in [-0.2, -0.15) is 10.2 Å². The van der Waals surface area contributed by atoms with E-state index in [-0.39, 0.29) is 11.9 Å². The minimum absolute atomic E-state index is 0.0808. The van der Waals surface area contributed by atoms with E-state index in [1.807, 2.05) is 55.5 Å². The van der Waals surface area contributed by atoms with Gasteiger partial charge in [-0.1, -0.05) is 0 Å². The molecule has 0 aliphatic rings. The normalized spacial score (nSPS) is 12.4. The lowest BCUT2D eigenvalue weighted by molar-refractivity contribution is -0.121. The number of nitrogens with zero attached hydrogens (tertiary/aromatic N) is 4. The van der Waals surface area contributed by atoms with Crippen LogP contribution in [0.15, 0.2) is 18.5 Å². The number of rotatable bonds is 7. The van der Waals surface area contributed by atoms with Gasteiger partial charge in [-0.3, -0.25) is 14.2 Å². The molecule has 0 aliphatic heterocycles. The molecule has 2 aromatic rings. The van der Waals surface area contributed by atoms with Gasteiger partial charge in [0.2, 0.25) is 5.91 Å². The van der Waals surface area contributed by atoms with Gasteiger partial charge in [0.1, 0.15) is 0 Å². The van der Waals surface area contributed by atoms with Crippen LogP contribution >= 0.6 is 0 Å². The fourth-order valence-corrected chi connectivity index (χ4v) is 2.41. The molecule has 0 aromatic carbocycles. The summed E-state index contributed by atoms with van der Waals surface area (Å²) < 4.78 is 3.84. The Kier molecular flexibility index (Phi) is 5.35. The number of aryl methyl sites for hydroxylation is 4. The van der Waals surface area contributed by atoms with E-state index in [4.69, 9.17) is 0 Å². The highest BCUT2D eigenvalue weighted by Crippen LogP contribution is 2.06. The molecule has 1 unspecified atom stereocenters. The molecule has 0 saturated heterocycles. The summed E-state index contributed by atoms with van der Waals surface area (Å²) in [5.74, 6) is 0.0808. The predicted molar refractivity (Wildman–Crippen MR) is 85.6 cm³/mol. The number of hydrogen-bond donors (Lipinski definition) is 1. The molecule has 6 heteroatoms. The molecule has 120 valence electrons. The smallest absolute Gasteiger partial charge is 0.220 e. The van der Waals surface area contributed by atoms with Crippen LogP contribution < -0.4 is 5.32 Å². The maximum Gasteiger partial charge on any atom is 0.220 e. The number of aromatic nitrogens is 4. The van der Waals surface area contributed by atoms with E-state index in [9.17, 15) is 4.79 Å². The number of amides is 1. The van der Waals surface area contributed by atoms with Gasteiger partial charge in [-0.15, -0.1) is 0 Å². The molecule has 1 N–H and O–H groups in total. The van der Waals surface area contributed by atoms with Crippen molar-refractivity contribution in [3.63, 3.8) is 0 Å². The van der Waals surface area contributed by atoms with Gasteiger partial charge in [0.15, 0.2) is 0 Å². The monoisotopic (exact) mass is 303 g/mol. The highest BCUT2D eigenvalue weighted by molar-refractivity contribution is 5.75. The molecule has 2 heterocycles. The lowest BCUT2D eigenvalue weighted by Gasteiger charge is -2.13. The number of hydrogen-bond acceptors (Lipinski definition) is 3. The standard InChI is InChI=1S/C16H25N5O/c1-12-9-18-21(11-12)15(4)10-17-16(22)6-5-7-20-14(3)8-13(2)19-20/h8-9,11,15H,5-7,10H2,1-4H3,(H,17,22). The zero-order valence-corrected chi connectivity index (χ0v) is 13.8. The van der Waals surface area contributed by atoms with E-state index in [0.717, 1.165) is 29.9 Å². The summed E-state index contributed by atoms with van der Waals surface area (Å²) in [5, 5.41) is 11.6. The first-order chi connectivity index (χ1) is 10.5. The van der Waals surface area contributed by atoms with Crippen molar-refractivity contribution >= 4 is 5.91 Å². The average Bonchev–Trinajstić information content (AvgIpc) is 3.02. The summed E-state index contributed by atoms with van der Waals surface area (Å²) in [7, 11) is 0. The van der Waals surface area contributed by atoms with Crippen LogP contribution in [-0.4, -0.2) is 32.0 Å². The van der Waals surface area contributed by atoms with Gasteiger partial charge in [-0.25, -0.2) is 0 Å². The Balaban J connectivity index is 1.68. The second kappa shape index (κ2) is 7.24. The van der Waals surface area contributed by atoms with Crippen LogP contribution in [0, 0.1) is 20.8 Å². The molecule has 0 bridgehead atoms. The van der Waals surface area contributed by atoms with Crippen LogP contribution in [0.4, 0.5) is 0 Å². The lowest BCUT2D eigenvalue weighted by Crippen LogP contribution is -2.29. The van der Waals surface area contributed by atoms with Crippen LogP contribution in [0.2, 0.25) is 0 Å². The molecule has 0 aliphatic carbocycles. The molecular formula is C16H25N5O. The molecule has 2 aromatic heterocycles. The third kappa shape index (κ3) is 4.44. The van der Waals surface area contributed by atoms with Crippen molar-refractivity contribution in [2.75, 3.05) is 6.54 Å². The van der Waals surface area contributed by atoms with Crippen LogP contribution in [0.25, 0.3) is 0 Å². The fraction of sp³-hybridized carbons (Fsp3) is 0.562. The third-order valence-corrected chi connectivity index (χ3v) is 3.65. The second-order valence-electron chi connectivity index (χ2n) is 5.90. The van der Waals surface area contributed by atoms with Gasteiger partial charge in [0.05, 0.1) is 17.9 Å². The quantitative estimate of drug-likeness (QED) is 0.852. The molecule has 0 spiro atoms. The maximum absolute atomic E-state index is 11.9. The second-order valence-corrected chi connectivity index (χ2v) is 5.90. The van der Waals surface area contributed by atoms with E-state index in [2.05, 4.69) is 15.5 Å². The van der Waals surface area contributed by atoms with E-state index < -0.39 is 0 Å². The minimum Gasteiger partial charge on any atom is -0.354 e. The van der Waals surface area contributed by atoms with Gasteiger partial charge < -0.3 is 5.32 Å². The summed E-state index contributed by atoms with van der Waals surface area (Å²) >= 11 is 0. The van der Waals surface area contributed by atoms with E-state index >= 15 is 0 Å². The van der Waals surface area contributed by atoms with E-state index in [1.165, 1.54) is 0 Å². The Bertz CT molecular complexity index is 628. The van der Waals surface area contributed by atoms with Crippen molar-refractivity contribution in [1.82, 2.24) is 24.9 Å². The van der Waals surface area contributed by atoms with Crippen molar-refractivity contribution < 1.29 is 4.79 Å². The minimum atomic E-state index is 0.0808. The SMILES string of the molecule is Cc1cnn(C(C)CNC(=O)CCCn2nc(C)cc2C)c1. The van der Waals surface area contributed by atoms with E-state index in [1.54, 1.807) is 0 Å². The first-order valence-corrected chi connectivity index (χ1v) is 7.74. The summed E-state index contributed by atoms with van der Waals surface area (Å²) in [6.07, 6.45) is 5.12. The van der Waals surface area contributed by atoms with Crippen LogP contribution in [0.5, 0.6) is 0 Å². The van der Waals surface area contributed by atoms with Crippen molar-refractivity contribution in [3.8, 4) is 0 Å². The highest BCUT2D eigenvalue weighted by Gasteiger charge is 2.08. The van der Waals surface area contributed by atoms with Crippen LogP contribution in [-0.2, 0) is 11.3 Å². The molecule has 1 amide bonds. The zero-order chi connectivity index (χ0) is 16.1. The fourth-order valence-electron chi connectivity index (χ4n) is 2.41. The highest BCUT2D eigenvalue weighted by atomic mass is 16.1. The first kappa shape index (κ1) is 16.3. The van der Waals surface area contributed by atoms with E-state index in [0.29, 0.717) is 13.0 Å². The Morgan fingerprint density at radius 3 is 2.73 bits per heavy atom. The average molecular weight is 303 g/mol. The topological polar surface area (TPSA) is 64.7 Å². The number of carbonyl (C=O) groups is 1. The first-order valence-electron chi connectivity index (χ1n) is 7.74. The number of carbonyl (C=O) groups excluding carboxylic acids is 1. The van der Waals surface area contributed by atoms with Crippen molar-refractivity contribution in [1.29, 1.82) is 0 Å². The van der Waals surface area contributed by atoms with Crippen molar-refractivity contribution in [2.24, 2.45) is 0 Å². The molecule has 22 heavy (non-hydrogen) atoms. The summed E-state index contributed by atoms with van der Waals surface area (Å²) in [6.45, 7) is 9.44. The molecular weight excluding hydrogens is 278 g/mol. The van der Waals surface area contributed by atoms with Crippen LogP contribution in [0.1, 0.15) is 42.8 Å². The molecule has 0 saturated carbocycles. The molecule has 0 radical (unpaired) electrons. The van der Waals surface area contributed by atoms with Crippen LogP contribution in [0.3, 0.4) is 0 Å². The molecule has 2 rings (SSSR count). The maximum atomic E-state index is 11.9. The summed E-state index contributed by atoms with van der Waals surface area (Å²) in [4.78, 5) is 11.9. The third-order valence-electron chi connectivity index (χ3n) is 3.65. The Hall–Kier alpha value is -2.11. The van der Waals surface area contributed by atoms with Gasteiger partial charge in [-0.05, 0) is 45.7 Å². The summed E-state index contributed by atoms with van der Waals surface area (Å²) in [6, 6.07) is 2.21. The zero-order valence-electron chi connectivity index (χ0n) is 13.8. The molecule has 0 fully saturated rings. The number of nitrogens with one attached hydrogen (secondary N) is 1. The predicted octanol–water partition coefficient (Wildman–Crippen LogP) is 2.16. The van der Waals surface area contributed by atoms with Gasteiger partial charge in [0, 0.05) is 31.4 Å². The van der Waals surface area contributed by atoms with Crippen molar-refractivity contribution in [2.45, 2.75) is 53.1 Å². The molecule has 1 atom stereocenters.